The Balaban J connectivity index is 1.65. The van der Waals surface area contributed by atoms with Gasteiger partial charge in [0.2, 0.25) is 5.71 Å². The Morgan fingerprint density at radius 3 is 2.13 bits per heavy atom. The summed E-state index contributed by atoms with van der Waals surface area (Å²) in [4.78, 5) is 9.89. The summed E-state index contributed by atoms with van der Waals surface area (Å²) in [6.45, 7) is 0.639. The van der Waals surface area contributed by atoms with Crippen LogP contribution in [0.5, 0.6) is 0 Å². The Kier molecular flexibility index (Phi) is 4.95. The normalized spacial score (nSPS) is 11.0. The maximum Gasteiger partial charge on any atom is 0.232 e. The minimum Gasteiger partial charge on any atom is -0.437 e. The van der Waals surface area contributed by atoms with Crippen molar-refractivity contribution in [3.05, 3.63) is 96.8 Å². The van der Waals surface area contributed by atoms with Gasteiger partial charge in [0, 0.05) is 22.6 Å². The summed E-state index contributed by atoms with van der Waals surface area (Å²) in [5.74, 6) is 1.54. The van der Waals surface area contributed by atoms with Crippen molar-refractivity contribution in [3.63, 3.8) is 0 Å². The number of rotatable bonds is 5. The van der Waals surface area contributed by atoms with E-state index in [2.05, 4.69) is 52.2 Å². The van der Waals surface area contributed by atoms with Crippen molar-refractivity contribution in [2.75, 3.05) is 5.32 Å². The van der Waals surface area contributed by atoms with Crippen LogP contribution >= 0.6 is 12.6 Å². The number of hydrogen-bond donors (Lipinski definition) is 2. The number of nitrogens with one attached hydrogen (secondary N) is 1. The molecule has 1 N–H and O–H groups in total. The smallest absolute Gasteiger partial charge is 0.232 e. The molecule has 0 aliphatic carbocycles. The molecule has 2 aromatic heterocycles. The second-order valence-electron chi connectivity index (χ2n) is 6.96. The Bertz CT molecular complexity index is 1280. The SMILES string of the molecule is Sc1ccc(CNc2ncnc3oc(-c4ccccc4)c(-c4ccccc4)c23)cc1. The van der Waals surface area contributed by atoms with Gasteiger partial charge >= 0.3 is 0 Å². The van der Waals surface area contributed by atoms with Crippen molar-refractivity contribution in [2.24, 2.45) is 0 Å². The van der Waals surface area contributed by atoms with Crippen LogP contribution in [0.2, 0.25) is 0 Å². The number of aromatic nitrogens is 2. The first-order valence-electron chi connectivity index (χ1n) is 9.70. The zero-order valence-electron chi connectivity index (χ0n) is 16.1. The third-order valence-electron chi connectivity index (χ3n) is 4.98. The quantitative estimate of drug-likeness (QED) is 0.327. The van der Waals surface area contributed by atoms with E-state index < -0.39 is 0 Å². The van der Waals surface area contributed by atoms with Crippen molar-refractivity contribution in [1.82, 2.24) is 9.97 Å². The van der Waals surface area contributed by atoms with Crippen molar-refractivity contribution < 1.29 is 4.42 Å². The van der Waals surface area contributed by atoms with Gasteiger partial charge in [-0.1, -0.05) is 72.8 Å². The maximum absolute atomic E-state index is 6.25. The fourth-order valence-electron chi connectivity index (χ4n) is 3.54. The van der Waals surface area contributed by atoms with Crippen molar-refractivity contribution in [3.8, 4) is 22.5 Å². The third kappa shape index (κ3) is 3.55. The standard InChI is InChI=1S/C25H19N3OS/c30-20-13-11-17(12-14-20)15-26-24-22-21(18-7-3-1-4-8-18)23(19-9-5-2-6-10-19)29-25(22)28-16-27-24/h1-14,16,30H,15H2,(H,26,27,28). The molecule has 0 spiro atoms. The Morgan fingerprint density at radius 2 is 1.43 bits per heavy atom. The molecule has 4 nitrogen and oxygen atoms in total. The van der Waals surface area contributed by atoms with Gasteiger partial charge in [0.15, 0.2) is 0 Å². The monoisotopic (exact) mass is 409 g/mol. The lowest BCUT2D eigenvalue weighted by atomic mass is 9.99. The molecule has 2 heterocycles. The fraction of sp³-hybridized carbons (Fsp3) is 0.0400. The minimum atomic E-state index is 0.566. The largest absolute Gasteiger partial charge is 0.437 e. The Labute approximate surface area is 180 Å². The summed E-state index contributed by atoms with van der Waals surface area (Å²) in [7, 11) is 0. The second-order valence-corrected chi connectivity index (χ2v) is 7.48. The van der Waals surface area contributed by atoms with Gasteiger partial charge in [0.05, 0.1) is 5.39 Å². The van der Waals surface area contributed by atoms with Gasteiger partial charge in [0.25, 0.3) is 0 Å². The Hall–Kier alpha value is -3.57. The van der Waals surface area contributed by atoms with Gasteiger partial charge in [-0.3, -0.25) is 0 Å². The van der Waals surface area contributed by atoms with E-state index in [1.54, 1.807) is 0 Å². The number of benzene rings is 3. The molecule has 3 aromatic carbocycles. The third-order valence-corrected chi connectivity index (χ3v) is 5.28. The molecule has 0 amide bonds. The molecule has 0 saturated carbocycles. The summed E-state index contributed by atoms with van der Waals surface area (Å²) in [5.41, 5.74) is 4.77. The van der Waals surface area contributed by atoms with Crippen LogP contribution in [0.15, 0.2) is 101 Å². The van der Waals surface area contributed by atoms with E-state index in [4.69, 9.17) is 4.42 Å². The molecule has 0 saturated heterocycles. The zero-order valence-corrected chi connectivity index (χ0v) is 17.0. The summed E-state index contributed by atoms with van der Waals surface area (Å²) in [5, 5.41) is 4.35. The minimum absolute atomic E-state index is 0.566. The van der Waals surface area contributed by atoms with Crippen LogP contribution in [0.3, 0.4) is 0 Å². The van der Waals surface area contributed by atoms with E-state index >= 15 is 0 Å². The topological polar surface area (TPSA) is 51.0 Å². The van der Waals surface area contributed by atoms with E-state index in [9.17, 15) is 0 Å². The van der Waals surface area contributed by atoms with Gasteiger partial charge in [0.1, 0.15) is 17.9 Å². The van der Waals surface area contributed by atoms with Crippen LogP contribution in [-0.2, 0) is 6.54 Å². The second kappa shape index (κ2) is 8.05. The maximum atomic E-state index is 6.25. The average Bonchev–Trinajstić information content (AvgIpc) is 3.20. The molecule has 0 fully saturated rings. The first kappa shape index (κ1) is 18.5. The molecule has 5 rings (SSSR count). The molecule has 0 aliphatic heterocycles. The molecule has 30 heavy (non-hydrogen) atoms. The predicted octanol–water partition coefficient (Wildman–Crippen LogP) is 6.46. The van der Waals surface area contributed by atoms with E-state index in [1.807, 2.05) is 60.7 Å². The van der Waals surface area contributed by atoms with Gasteiger partial charge in [-0.25, -0.2) is 9.97 Å². The fourth-order valence-corrected chi connectivity index (χ4v) is 3.69. The molecule has 0 atom stereocenters. The van der Waals surface area contributed by atoms with Crippen LogP contribution in [0.25, 0.3) is 33.6 Å². The van der Waals surface area contributed by atoms with Gasteiger partial charge in [-0.15, -0.1) is 12.6 Å². The van der Waals surface area contributed by atoms with E-state index in [0.717, 1.165) is 44.1 Å². The highest BCUT2D eigenvalue weighted by Crippen LogP contribution is 2.42. The van der Waals surface area contributed by atoms with Crippen molar-refractivity contribution in [2.45, 2.75) is 11.4 Å². The predicted molar refractivity (Wildman–Crippen MR) is 124 cm³/mol. The lowest BCUT2D eigenvalue weighted by Gasteiger charge is -2.09. The highest BCUT2D eigenvalue weighted by atomic mass is 32.1. The first-order chi connectivity index (χ1) is 14.8. The Morgan fingerprint density at radius 1 is 0.767 bits per heavy atom. The number of furan rings is 1. The first-order valence-corrected chi connectivity index (χ1v) is 10.1. The lowest BCUT2D eigenvalue weighted by molar-refractivity contribution is 0.618. The summed E-state index contributed by atoms with van der Waals surface area (Å²) < 4.78 is 6.25. The van der Waals surface area contributed by atoms with Crippen LogP contribution in [0, 0.1) is 0 Å². The van der Waals surface area contributed by atoms with E-state index in [1.165, 1.54) is 6.33 Å². The van der Waals surface area contributed by atoms with E-state index in [-0.39, 0.29) is 0 Å². The molecule has 0 radical (unpaired) electrons. The average molecular weight is 410 g/mol. The molecule has 0 unspecified atom stereocenters. The van der Waals surface area contributed by atoms with Crippen molar-refractivity contribution in [1.29, 1.82) is 0 Å². The van der Waals surface area contributed by atoms with Crippen LogP contribution in [0.4, 0.5) is 5.82 Å². The van der Waals surface area contributed by atoms with Crippen LogP contribution in [0.1, 0.15) is 5.56 Å². The van der Waals surface area contributed by atoms with Crippen molar-refractivity contribution >= 4 is 29.5 Å². The summed E-state index contributed by atoms with van der Waals surface area (Å²) >= 11 is 4.36. The lowest BCUT2D eigenvalue weighted by Crippen LogP contribution is -2.02. The number of fused-ring (bicyclic) bond motifs is 1. The molecule has 0 aliphatic rings. The molecule has 5 heteroatoms. The van der Waals surface area contributed by atoms with Crippen LogP contribution < -0.4 is 5.32 Å². The number of nitrogens with zero attached hydrogens (tertiary/aromatic N) is 2. The zero-order chi connectivity index (χ0) is 20.3. The highest BCUT2D eigenvalue weighted by Gasteiger charge is 2.21. The number of thiol groups is 1. The van der Waals surface area contributed by atoms with Gasteiger partial charge < -0.3 is 9.73 Å². The summed E-state index contributed by atoms with van der Waals surface area (Å²) in [6, 6.07) is 28.4. The summed E-state index contributed by atoms with van der Waals surface area (Å²) in [6.07, 6.45) is 1.54. The highest BCUT2D eigenvalue weighted by molar-refractivity contribution is 7.80. The van der Waals surface area contributed by atoms with Gasteiger partial charge in [-0.2, -0.15) is 0 Å². The molecule has 146 valence electrons. The molecule has 0 bridgehead atoms. The van der Waals surface area contributed by atoms with Gasteiger partial charge in [-0.05, 0) is 23.3 Å². The molecule has 5 aromatic rings. The van der Waals surface area contributed by atoms with Crippen LogP contribution in [-0.4, -0.2) is 9.97 Å². The molecular weight excluding hydrogens is 390 g/mol. The number of hydrogen-bond acceptors (Lipinski definition) is 5. The molecular formula is C25H19N3OS. The van der Waals surface area contributed by atoms with E-state index in [0.29, 0.717) is 12.3 Å². The number of anilines is 1.